The molecule has 3 aromatic rings. The van der Waals surface area contributed by atoms with E-state index in [-0.39, 0.29) is 23.0 Å². The van der Waals surface area contributed by atoms with E-state index in [4.69, 9.17) is 39.5 Å². The fourth-order valence-corrected chi connectivity index (χ4v) is 3.83. The van der Waals surface area contributed by atoms with Gasteiger partial charge in [0.25, 0.3) is 11.8 Å². The maximum Gasteiger partial charge on any atom is 0.282 e. The molecule has 3 aromatic carbocycles. The standard InChI is InChI=1S/C23H15Cl3N2O3/c24-16-10-15(21(20(26)12-16)31-13-14-6-4-5-9-19(14)25)11-18-22(29)27-28(23(18)30)17-7-2-1-3-8-17/h1-12H,13H2,(H,27,29). The number of ether oxygens (including phenoxy) is 1. The topological polar surface area (TPSA) is 58.6 Å². The molecule has 8 heteroatoms. The van der Waals surface area contributed by atoms with Crippen LogP contribution in [0.25, 0.3) is 6.08 Å². The number of nitrogens with one attached hydrogen (secondary N) is 1. The second-order valence-corrected chi connectivity index (χ2v) is 7.91. The molecule has 1 aliphatic heterocycles. The van der Waals surface area contributed by atoms with Crippen LogP contribution in [0, 0.1) is 0 Å². The van der Waals surface area contributed by atoms with E-state index in [1.54, 1.807) is 36.4 Å². The van der Waals surface area contributed by atoms with Gasteiger partial charge in [-0.1, -0.05) is 71.2 Å². The minimum absolute atomic E-state index is 0.0650. The van der Waals surface area contributed by atoms with Gasteiger partial charge in [-0.3, -0.25) is 15.0 Å². The smallest absolute Gasteiger partial charge is 0.282 e. The molecule has 2 amide bonds. The first-order chi connectivity index (χ1) is 14.9. The summed E-state index contributed by atoms with van der Waals surface area (Å²) in [5.74, 6) is -0.747. The highest BCUT2D eigenvalue weighted by Gasteiger charge is 2.34. The molecule has 1 saturated heterocycles. The van der Waals surface area contributed by atoms with Crippen LogP contribution < -0.4 is 15.2 Å². The molecule has 1 N–H and O–H groups in total. The third-order valence-electron chi connectivity index (χ3n) is 4.57. The van der Waals surface area contributed by atoms with Gasteiger partial charge in [-0.05, 0) is 36.4 Å². The predicted octanol–water partition coefficient (Wildman–Crippen LogP) is 5.69. The lowest BCUT2D eigenvalue weighted by Crippen LogP contribution is -2.35. The molecule has 1 heterocycles. The number of carbonyl (C=O) groups is 2. The van der Waals surface area contributed by atoms with E-state index in [2.05, 4.69) is 5.43 Å². The number of amides is 2. The first-order valence-electron chi connectivity index (χ1n) is 9.21. The van der Waals surface area contributed by atoms with E-state index in [1.807, 2.05) is 24.3 Å². The summed E-state index contributed by atoms with van der Waals surface area (Å²) >= 11 is 18.7. The van der Waals surface area contributed by atoms with E-state index in [0.29, 0.717) is 21.3 Å². The SMILES string of the molecule is O=C1NN(c2ccccc2)C(=O)C1=Cc1cc(Cl)cc(Cl)c1OCc1ccccc1Cl. The average Bonchev–Trinajstić information content (AvgIpc) is 3.03. The lowest BCUT2D eigenvalue weighted by atomic mass is 10.1. The summed E-state index contributed by atoms with van der Waals surface area (Å²) in [4.78, 5) is 25.4. The lowest BCUT2D eigenvalue weighted by molar-refractivity contribution is -0.117. The molecule has 31 heavy (non-hydrogen) atoms. The van der Waals surface area contributed by atoms with Crippen LogP contribution in [0.3, 0.4) is 0 Å². The zero-order chi connectivity index (χ0) is 22.0. The number of hydrogen-bond acceptors (Lipinski definition) is 3. The van der Waals surface area contributed by atoms with Crippen molar-refractivity contribution in [2.45, 2.75) is 6.61 Å². The second-order valence-electron chi connectivity index (χ2n) is 6.66. The van der Waals surface area contributed by atoms with E-state index < -0.39 is 11.8 Å². The van der Waals surface area contributed by atoms with E-state index in [1.165, 1.54) is 17.2 Å². The number of hydrazine groups is 1. The van der Waals surface area contributed by atoms with Crippen molar-refractivity contribution in [1.82, 2.24) is 5.43 Å². The Bertz CT molecular complexity index is 1200. The number of anilines is 1. The normalized spacial score (nSPS) is 14.8. The minimum atomic E-state index is -0.540. The van der Waals surface area contributed by atoms with Crippen LogP contribution in [0.4, 0.5) is 5.69 Å². The highest BCUT2D eigenvalue weighted by molar-refractivity contribution is 6.36. The van der Waals surface area contributed by atoms with Gasteiger partial charge in [0.1, 0.15) is 17.9 Å². The Balaban J connectivity index is 1.67. The van der Waals surface area contributed by atoms with Crippen LogP contribution >= 0.6 is 34.8 Å². The van der Waals surface area contributed by atoms with Crippen LogP contribution in [0.5, 0.6) is 5.75 Å². The van der Waals surface area contributed by atoms with Crippen LogP contribution in [0.1, 0.15) is 11.1 Å². The third-order valence-corrected chi connectivity index (χ3v) is 5.44. The Morgan fingerprint density at radius 3 is 2.35 bits per heavy atom. The Morgan fingerprint density at radius 1 is 0.903 bits per heavy atom. The molecule has 156 valence electrons. The summed E-state index contributed by atoms with van der Waals surface area (Å²) in [6, 6.07) is 19.2. The summed E-state index contributed by atoms with van der Waals surface area (Å²) in [5, 5.41) is 2.33. The number of para-hydroxylation sites is 1. The molecule has 0 unspecified atom stereocenters. The molecule has 0 bridgehead atoms. The molecule has 0 atom stereocenters. The van der Waals surface area contributed by atoms with E-state index in [9.17, 15) is 9.59 Å². The molecule has 1 fully saturated rings. The van der Waals surface area contributed by atoms with Gasteiger partial charge in [0.15, 0.2) is 0 Å². The van der Waals surface area contributed by atoms with Crippen molar-refractivity contribution >= 4 is 58.4 Å². The van der Waals surface area contributed by atoms with Crippen LogP contribution in [0.15, 0.2) is 72.3 Å². The van der Waals surface area contributed by atoms with E-state index >= 15 is 0 Å². The molecule has 0 radical (unpaired) electrons. The number of rotatable bonds is 5. The van der Waals surface area contributed by atoms with Crippen molar-refractivity contribution in [2.24, 2.45) is 0 Å². The molecule has 5 nitrogen and oxygen atoms in total. The number of benzene rings is 3. The highest BCUT2D eigenvalue weighted by atomic mass is 35.5. The fourth-order valence-electron chi connectivity index (χ4n) is 3.08. The first kappa shape index (κ1) is 21.2. The lowest BCUT2D eigenvalue weighted by Gasteiger charge is -2.14. The van der Waals surface area contributed by atoms with Crippen molar-refractivity contribution in [3.8, 4) is 5.75 Å². The van der Waals surface area contributed by atoms with Crippen molar-refractivity contribution in [2.75, 3.05) is 5.01 Å². The predicted molar refractivity (Wildman–Crippen MR) is 122 cm³/mol. The minimum Gasteiger partial charge on any atom is -0.487 e. The summed E-state index contributed by atoms with van der Waals surface area (Å²) in [5.41, 5.74) is 4.20. The van der Waals surface area contributed by atoms with Crippen molar-refractivity contribution < 1.29 is 14.3 Å². The zero-order valence-electron chi connectivity index (χ0n) is 15.9. The molecule has 4 rings (SSSR count). The first-order valence-corrected chi connectivity index (χ1v) is 10.3. The third kappa shape index (κ3) is 4.54. The number of nitrogens with zero attached hydrogens (tertiary/aromatic N) is 1. The van der Waals surface area contributed by atoms with Gasteiger partial charge in [0, 0.05) is 21.2 Å². The molecule has 0 spiro atoms. The molecular weight excluding hydrogens is 459 g/mol. The Hall–Kier alpha value is -2.99. The average molecular weight is 474 g/mol. The summed E-state index contributed by atoms with van der Waals surface area (Å²) in [6.45, 7) is 0.146. The van der Waals surface area contributed by atoms with Gasteiger partial charge in [-0.15, -0.1) is 0 Å². The van der Waals surface area contributed by atoms with Gasteiger partial charge in [0.2, 0.25) is 0 Å². The zero-order valence-corrected chi connectivity index (χ0v) is 18.2. The number of halogens is 3. The Kier molecular flexibility index (Phi) is 6.18. The van der Waals surface area contributed by atoms with Crippen LogP contribution in [-0.2, 0) is 16.2 Å². The molecular formula is C23H15Cl3N2O3. The maximum atomic E-state index is 12.9. The molecule has 1 aliphatic rings. The van der Waals surface area contributed by atoms with Gasteiger partial charge in [-0.25, -0.2) is 5.01 Å². The maximum absolute atomic E-state index is 12.9. The van der Waals surface area contributed by atoms with Crippen molar-refractivity contribution in [3.05, 3.63) is 98.5 Å². The summed E-state index contributed by atoms with van der Waals surface area (Å²) in [7, 11) is 0. The summed E-state index contributed by atoms with van der Waals surface area (Å²) in [6.07, 6.45) is 1.42. The monoisotopic (exact) mass is 472 g/mol. The van der Waals surface area contributed by atoms with E-state index in [0.717, 1.165) is 5.56 Å². The van der Waals surface area contributed by atoms with Gasteiger partial charge in [0.05, 0.1) is 10.7 Å². The van der Waals surface area contributed by atoms with Crippen molar-refractivity contribution in [1.29, 1.82) is 0 Å². The quantitative estimate of drug-likeness (QED) is 0.383. The summed E-state index contributed by atoms with van der Waals surface area (Å²) < 4.78 is 5.91. The Labute approximate surface area is 193 Å². The largest absolute Gasteiger partial charge is 0.487 e. The number of hydrogen-bond donors (Lipinski definition) is 1. The molecule has 0 saturated carbocycles. The second kappa shape index (κ2) is 9.02. The Morgan fingerprint density at radius 2 is 1.61 bits per heavy atom. The number of carbonyl (C=O) groups excluding carboxylic acids is 2. The van der Waals surface area contributed by atoms with Gasteiger partial charge < -0.3 is 4.74 Å². The van der Waals surface area contributed by atoms with Crippen LogP contribution in [0.2, 0.25) is 15.1 Å². The van der Waals surface area contributed by atoms with Gasteiger partial charge >= 0.3 is 0 Å². The fraction of sp³-hybridized carbons (Fsp3) is 0.0435. The van der Waals surface area contributed by atoms with Gasteiger partial charge in [-0.2, -0.15) is 0 Å². The molecule has 0 aliphatic carbocycles. The van der Waals surface area contributed by atoms with Crippen molar-refractivity contribution in [3.63, 3.8) is 0 Å². The van der Waals surface area contributed by atoms with Crippen LogP contribution in [-0.4, -0.2) is 11.8 Å². The highest BCUT2D eigenvalue weighted by Crippen LogP contribution is 2.35. The molecule has 0 aromatic heterocycles.